The maximum atomic E-state index is 14.1. The molecule has 0 atom stereocenters. The average molecular weight is 528 g/mol. The van der Waals surface area contributed by atoms with Crippen LogP contribution in [0.25, 0.3) is 6.08 Å². The summed E-state index contributed by atoms with van der Waals surface area (Å²) in [4.78, 5) is 38.9. The van der Waals surface area contributed by atoms with Crippen LogP contribution in [-0.4, -0.2) is 36.2 Å². The molecule has 1 aliphatic rings. The maximum absolute atomic E-state index is 14.1. The molecule has 10 heteroatoms. The Kier molecular flexibility index (Phi) is 7.61. The number of carbonyl (C=O) groups is 3. The van der Waals surface area contributed by atoms with Crippen LogP contribution >= 0.6 is 23.4 Å². The van der Waals surface area contributed by atoms with Crippen molar-refractivity contribution in [2.24, 2.45) is 0 Å². The van der Waals surface area contributed by atoms with Gasteiger partial charge in [-0.25, -0.2) is 9.18 Å². The molecule has 0 radical (unpaired) electrons. The molecular formula is C26H19ClFNO6S. The Bertz CT molecular complexity index is 1360. The first-order valence-corrected chi connectivity index (χ1v) is 11.7. The van der Waals surface area contributed by atoms with Gasteiger partial charge in [-0.2, -0.15) is 0 Å². The van der Waals surface area contributed by atoms with Crippen LogP contribution in [0, 0.1) is 5.82 Å². The van der Waals surface area contributed by atoms with Crippen molar-refractivity contribution in [2.75, 3.05) is 14.2 Å². The zero-order valence-electron chi connectivity index (χ0n) is 19.1. The zero-order chi connectivity index (χ0) is 25.8. The van der Waals surface area contributed by atoms with Crippen molar-refractivity contribution < 1.29 is 33.0 Å². The number of amides is 2. The summed E-state index contributed by atoms with van der Waals surface area (Å²) in [6.07, 6.45) is 1.51. The quantitative estimate of drug-likeness (QED) is 0.213. The summed E-state index contributed by atoms with van der Waals surface area (Å²) in [6, 6.07) is 15.3. The summed E-state index contributed by atoms with van der Waals surface area (Å²) in [5.74, 6) is -0.722. The number of hydrogen-bond donors (Lipinski definition) is 0. The van der Waals surface area contributed by atoms with Gasteiger partial charge < -0.3 is 14.2 Å². The normalized spacial score (nSPS) is 14.3. The van der Waals surface area contributed by atoms with Crippen LogP contribution in [0.4, 0.5) is 9.18 Å². The molecule has 3 aromatic rings. The second-order valence-electron chi connectivity index (χ2n) is 7.50. The van der Waals surface area contributed by atoms with Crippen molar-refractivity contribution in [3.05, 3.63) is 93.1 Å². The third-order valence-electron chi connectivity index (χ3n) is 5.27. The van der Waals surface area contributed by atoms with Gasteiger partial charge >= 0.3 is 5.97 Å². The predicted molar refractivity (Wildman–Crippen MR) is 134 cm³/mol. The van der Waals surface area contributed by atoms with Crippen LogP contribution in [0.2, 0.25) is 5.02 Å². The largest absolute Gasteiger partial charge is 0.497 e. The fourth-order valence-electron chi connectivity index (χ4n) is 3.37. The van der Waals surface area contributed by atoms with E-state index in [1.165, 1.54) is 44.6 Å². The van der Waals surface area contributed by atoms with Gasteiger partial charge in [0.15, 0.2) is 11.5 Å². The molecule has 7 nitrogen and oxygen atoms in total. The van der Waals surface area contributed by atoms with E-state index in [9.17, 15) is 18.8 Å². The van der Waals surface area contributed by atoms with Crippen molar-refractivity contribution in [1.29, 1.82) is 0 Å². The van der Waals surface area contributed by atoms with E-state index in [2.05, 4.69) is 0 Å². The monoisotopic (exact) mass is 527 g/mol. The molecule has 0 spiro atoms. The molecule has 0 aliphatic carbocycles. The van der Waals surface area contributed by atoms with Gasteiger partial charge in [-0.15, -0.1) is 0 Å². The highest BCUT2D eigenvalue weighted by molar-refractivity contribution is 8.18. The van der Waals surface area contributed by atoms with E-state index in [1.54, 1.807) is 36.4 Å². The Hall–Kier alpha value is -3.82. The fourth-order valence-corrected chi connectivity index (χ4v) is 4.43. The number of carbonyl (C=O) groups excluding carboxylic acids is 3. The van der Waals surface area contributed by atoms with Crippen LogP contribution in [0.5, 0.6) is 17.2 Å². The van der Waals surface area contributed by atoms with Gasteiger partial charge in [0, 0.05) is 10.6 Å². The van der Waals surface area contributed by atoms with Crippen LogP contribution in [0.15, 0.2) is 65.6 Å². The standard InChI is InChI=1S/C26H19ClFNO6S/c1-33-17-9-7-16(8-10-17)25(31)35-21-11-6-15(12-22(21)34-2)13-23-24(30)29(26(32)36-23)14-18-19(27)4-3-5-20(18)28/h3-13H,14H2,1-2H3/b23-13-. The number of imide groups is 1. The number of nitrogens with zero attached hydrogens (tertiary/aromatic N) is 1. The summed E-state index contributed by atoms with van der Waals surface area (Å²) in [5, 5.41) is -0.412. The lowest BCUT2D eigenvalue weighted by molar-refractivity contribution is -0.123. The van der Waals surface area contributed by atoms with E-state index in [0.717, 1.165) is 16.7 Å². The highest BCUT2D eigenvalue weighted by atomic mass is 35.5. The van der Waals surface area contributed by atoms with Gasteiger partial charge in [0.2, 0.25) is 0 Å². The Morgan fingerprint density at radius 3 is 2.44 bits per heavy atom. The molecule has 1 fully saturated rings. The Balaban J connectivity index is 1.52. The van der Waals surface area contributed by atoms with E-state index in [0.29, 0.717) is 16.9 Å². The predicted octanol–water partition coefficient (Wildman–Crippen LogP) is 5.95. The molecule has 4 rings (SSSR count). The molecule has 1 saturated heterocycles. The van der Waals surface area contributed by atoms with Crippen molar-refractivity contribution in [3.63, 3.8) is 0 Å². The van der Waals surface area contributed by atoms with Gasteiger partial charge in [0.05, 0.1) is 31.2 Å². The first kappa shape index (κ1) is 25.3. The molecule has 3 aromatic carbocycles. The topological polar surface area (TPSA) is 82.1 Å². The van der Waals surface area contributed by atoms with Crippen LogP contribution in [0.1, 0.15) is 21.5 Å². The van der Waals surface area contributed by atoms with E-state index in [-0.39, 0.29) is 33.5 Å². The third-order valence-corrected chi connectivity index (χ3v) is 6.53. The van der Waals surface area contributed by atoms with Crippen molar-refractivity contribution in [2.45, 2.75) is 6.54 Å². The van der Waals surface area contributed by atoms with E-state index in [4.69, 9.17) is 25.8 Å². The number of thioether (sulfide) groups is 1. The van der Waals surface area contributed by atoms with Gasteiger partial charge in [0.25, 0.3) is 11.1 Å². The number of benzene rings is 3. The highest BCUT2D eigenvalue weighted by Crippen LogP contribution is 2.36. The van der Waals surface area contributed by atoms with Crippen molar-refractivity contribution in [3.8, 4) is 17.2 Å². The fraction of sp³-hybridized carbons (Fsp3) is 0.115. The molecule has 0 N–H and O–H groups in total. The molecule has 0 saturated carbocycles. The van der Waals surface area contributed by atoms with Crippen LogP contribution in [0.3, 0.4) is 0 Å². The number of hydrogen-bond acceptors (Lipinski definition) is 7. The molecule has 184 valence electrons. The number of esters is 1. The lowest BCUT2D eigenvalue weighted by atomic mass is 10.1. The molecule has 0 bridgehead atoms. The second-order valence-corrected chi connectivity index (χ2v) is 8.90. The van der Waals surface area contributed by atoms with Gasteiger partial charge in [-0.1, -0.05) is 23.7 Å². The molecule has 0 aromatic heterocycles. The minimum atomic E-state index is -0.602. The molecule has 36 heavy (non-hydrogen) atoms. The van der Waals surface area contributed by atoms with E-state index < -0.39 is 22.9 Å². The molecular weight excluding hydrogens is 509 g/mol. The number of methoxy groups -OCH3 is 2. The van der Waals surface area contributed by atoms with E-state index in [1.807, 2.05) is 0 Å². The summed E-state index contributed by atoms with van der Waals surface area (Å²) in [5.41, 5.74) is 0.920. The summed E-state index contributed by atoms with van der Waals surface area (Å²) < 4.78 is 30.0. The smallest absolute Gasteiger partial charge is 0.343 e. The third kappa shape index (κ3) is 5.37. The summed E-state index contributed by atoms with van der Waals surface area (Å²) in [7, 11) is 2.94. The van der Waals surface area contributed by atoms with E-state index >= 15 is 0 Å². The SMILES string of the molecule is COc1ccc(C(=O)Oc2ccc(/C=C3\SC(=O)N(Cc4c(F)cccc4Cl)C3=O)cc2OC)cc1. The Morgan fingerprint density at radius 2 is 1.78 bits per heavy atom. The average Bonchev–Trinajstić information content (AvgIpc) is 3.14. The summed E-state index contributed by atoms with van der Waals surface area (Å²) in [6.45, 7) is -0.281. The van der Waals surface area contributed by atoms with Gasteiger partial charge in [-0.05, 0) is 71.9 Å². The van der Waals surface area contributed by atoms with Crippen LogP contribution < -0.4 is 14.2 Å². The molecule has 1 heterocycles. The maximum Gasteiger partial charge on any atom is 0.343 e. The number of rotatable bonds is 7. The highest BCUT2D eigenvalue weighted by Gasteiger charge is 2.36. The van der Waals surface area contributed by atoms with Crippen LogP contribution in [-0.2, 0) is 11.3 Å². The van der Waals surface area contributed by atoms with Gasteiger partial charge in [-0.3, -0.25) is 14.5 Å². The number of ether oxygens (including phenoxy) is 3. The first-order valence-electron chi connectivity index (χ1n) is 10.5. The Labute approximate surface area is 215 Å². The lowest BCUT2D eigenvalue weighted by Crippen LogP contribution is -2.28. The first-order chi connectivity index (χ1) is 17.3. The molecule has 0 unspecified atom stereocenters. The molecule has 1 aliphatic heterocycles. The van der Waals surface area contributed by atoms with Crippen molar-refractivity contribution >= 4 is 46.6 Å². The zero-order valence-corrected chi connectivity index (χ0v) is 20.7. The van der Waals surface area contributed by atoms with Gasteiger partial charge in [0.1, 0.15) is 11.6 Å². The minimum absolute atomic E-state index is 0.0624. The molecule has 2 amide bonds. The second kappa shape index (κ2) is 10.8. The number of halogens is 2. The summed E-state index contributed by atoms with van der Waals surface area (Å²) >= 11 is 6.77. The lowest BCUT2D eigenvalue weighted by Gasteiger charge is -2.14. The Morgan fingerprint density at radius 1 is 1.03 bits per heavy atom. The minimum Gasteiger partial charge on any atom is -0.497 e. The van der Waals surface area contributed by atoms with Crippen molar-refractivity contribution in [1.82, 2.24) is 4.90 Å².